The summed E-state index contributed by atoms with van der Waals surface area (Å²) in [6.07, 6.45) is -1.81. The molecule has 16 nitrogen and oxygen atoms in total. The van der Waals surface area contributed by atoms with Gasteiger partial charge in [0, 0.05) is 6.92 Å². The van der Waals surface area contributed by atoms with Crippen molar-refractivity contribution in [3.8, 4) is 0 Å². The van der Waals surface area contributed by atoms with Crippen molar-refractivity contribution >= 4 is 47.4 Å². The molecule has 0 aromatic carbocycles. The molecule has 0 bridgehead atoms. The van der Waals surface area contributed by atoms with E-state index in [1.807, 2.05) is 5.32 Å². The number of aliphatic carboxylic acids is 3. The van der Waals surface area contributed by atoms with E-state index in [0.717, 1.165) is 6.92 Å². The second-order valence-electron chi connectivity index (χ2n) is 6.63. The number of nitrogens with one attached hydrogen (secondary N) is 5. The summed E-state index contributed by atoms with van der Waals surface area (Å²) in [5.74, 6) is -8.92. The first-order valence-electron chi connectivity index (χ1n) is 9.30. The first kappa shape index (κ1) is 28.8. The molecule has 0 aromatic rings. The number of carbonyl (C=O) groups excluding carboxylic acids is 5. The highest BCUT2D eigenvalue weighted by molar-refractivity contribution is 5.96. The maximum atomic E-state index is 12.3. The predicted molar refractivity (Wildman–Crippen MR) is 105 cm³/mol. The number of carbonyl (C=O) groups is 8. The van der Waals surface area contributed by atoms with E-state index >= 15 is 0 Å². The molecule has 0 heterocycles. The van der Waals surface area contributed by atoms with Gasteiger partial charge in [-0.3, -0.25) is 33.6 Å². The van der Waals surface area contributed by atoms with Gasteiger partial charge in [0.25, 0.3) is 0 Å². The second kappa shape index (κ2) is 13.9. The third-order valence-corrected chi connectivity index (χ3v) is 3.72. The number of hydrogen-bond donors (Lipinski definition) is 8. The highest BCUT2D eigenvalue weighted by Gasteiger charge is 2.29. The van der Waals surface area contributed by atoms with Crippen molar-refractivity contribution in [1.29, 1.82) is 0 Å². The smallest absolute Gasteiger partial charge is 0.326 e. The highest BCUT2D eigenvalue weighted by atomic mass is 16.4. The zero-order valence-corrected chi connectivity index (χ0v) is 17.7. The largest absolute Gasteiger partial charge is 0.481 e. The molecule has 16 heteroatoms. The molecule has 0 unspecified atom stereocenters. The molecule has 0 rings (SSSR count). The van der Waals surface area contributed by atoms with E-state index in [0.29, 0.717) is 0 Å². The molecule has 0 saturated carbocycles. The third kappa shape index (κ3) is 12.9. The number of carboxylic acid groups (broad SMARTS) is 3. The number of hydrogen-bond acceptors (Lipinski definition) is 8. The molecule has 0 radical (unpaired) electrons. The Morgan fingerprint density at radius 1 is 0.667 bits per heavy atom. The molecule has 0 aliphatic heterocycles. The lowest BCUT2D eigenvalue weighted by atomic mass is 10.1. The zero-order chi connectivity index (χ0) is 25.7. The second-order valence-corrected chi connectivity index (χ2v) is 6.63. The van der Waals surface area contributed by atoms with Crippen LogP contribution in [0.15, 0.2) is 0 Å². The van der Waals surface area contributed by atoms with Crippen molar-refractivity contribution < 1.29 is 53.7 Å². The van der Waals surface area contributed by atoms with E-state index in [-0.39, 0.29) is 0 Å². The highest BCUT2D eigenvalue weighted by Crippen LogP contribution is 1.98. The minimum absolute atomic E-state index is 0.409. The van der Waals surface area contributed by atoms with Gasteiger partial charge in [0.15, 0.2) is 0 Å². The Morgan fingerprint density at radius 2 is 1.18 bits per heavy atom. The normalized spacial score (nSPS) is 12.8. The van der Waals surface area contributed by atoms with E-state index in [2.05, 4.69) is 21.3 Å². The summed E-state index contributed by atoms with van der Waals surface area (Å²) in [7, 11) is 0. The van der Waals surface area contributed by atoms with E-state index in [9.17, 15) is 38.4 Å². The van der Waals surface area contributed by atoms with Gasteiger partial charge in [-0.1, -0.05) is 0 Å². The van der Waals surface area contributed by atoms with Gasteiger partial charge in [-0.25, -0.2) is 4.79 Å². The van der Waals surface area contributed by atoms with E-state index in [1.54, 1.807) is 0 Å². The SMILES string of the molecule is CC(=O)NCC(=O)NCC(=O)N[C@@H](CC(=O)O)C(=O)N[C@@H](C)C(=O)N[C@@H](CC(=O)O)C(=O)O. The molecule has 33 heavy (non-hydrogen) atoms. The van der Waals surface area contributed by atoms with Crippen LogP contribution in [0.2, 0.25) is 0 Å². The number of carboxylic acids is 3. The molecule has 184 valence electrons. The fourth-order valence-electron chi connectivity index (χ4n) is 2.13. The minimum atomic E-state index is -1.77. The van der Waals surface area contributed by atoms with E-state index in [1.165, 1.54) is 6.92 Å². The van der Waals surface area contributed by atoms with Crippen LogP contribution in [0.4, 0.5) is 0 Å². The van der Waals surface area contributed by atoms with Crippen molar-refractivity contribution in [3.05, 3.63) is 0 Å². The molecule has 0 aromatic heterocycles. The van der Waals surface area contributed by atoms with Gasteiger partial charge in [-0.2, -0.15) is 0 Å². The molecular weight excluding hydrogens is 450 g/mol. The van der Waals surface area contributed by atoms with Crippen LogP contribution in [0.1, 0.15) is 26.7 Å². The first-order chi connectivity index (χ1) is 15.2. The molecular formula is C17H25N5O11. The summed E-state index contributed by atoms with van der Waals surface area (Å²) >= 11 is 0. The number of amides is 5. The Labute approximate surface area is 186 Å². The van der Waals surface area contributed by atoms with Crippen molar-refractivity contribution in [2.24, 2.45) is 0 Å². The summed E-state index contributed by atoms with van der Waals surface area (Å²) < 4.78 is 0. The van der Waals surface area contributed by atoms with Crippen molar-refractivity contribution in [2.45, 2.75) is 44.8 Å². The van der Waals surface area contributed by atoms with Crippen LogP contribution in [-0.2, 0) is 38.4 Å². The Balaban J connectivity index is 4.95. The lowest BCUT2D eigenvalue weighted by Gasteiger charge is -2.21. The van der Waals surface area contributed by atoms with Gasteiger partial charge < -0.3 is 41.9 Å². The minimum Gasteiger partial charge on any atom is -0.481 e. The zero-order valence-electron chi connectivity index (χ0n) is 17.7. The maximum absolute atomic E-state index is 12.3. The van der Waals surface area contributed by atoms with Crippen LogP contribution in [0.5, 0.6) is 0 Å². The molecule has 5 amide bonds. The van der Waals surface area contributed by atoms with Crippen molar-refractivity contribution in [3.63, 3.8) is 0 Å². The summed E-state index contributed by atoms with van der Waals surface area (Å²) in [6.45, 7) is 1.24. The maximum Gasteiger partial charge on any atom is 0.326 e. The fraction of sp³-hybridized carbons (Fsp3) is 0.529. The van der Waals surface area contributed by atoms with Crippen molar-refractivity contribution in [2.75, 3.05) is 13.1 Å². The third-order valence-electron chi connectivity index (χ3n) is 3.72. The summed E-state index contributed by atoms with van der Waals surface area (Å²) in [5.41, 5.74) is 0. The van der Waals surface area contributed by atoms with Gasteiger partial charge in [0.05, 0.1) is 25.9 Å². The summed E-state index contributed by atoms with van der Waals surface area (Å²) in [5, 5.41) is 36.9. The molecule has 3 atom stereocenters. The van der Waals surface area contributed by atoms with Gasteiger partial charge in [-0.15, -0.1) is 0 Å². The monoisotopic (exact) mass is 475 g/mol. The van der Waals surface area contributed by atoms with Gasteiger partial charge in [0.2, 0.25) is 29.5 Å². The fourth-order valence-corrected chi connectivity index (χ4v) is 2.13. The molecule has 0 aliphatic carbocycles. The Morgan fingerprint density at radius 3 is 1.67 bits per heavy atom. The van der Waals surface area contributed by atoms with Gasteiger partial charge in [0.1, 0.15) is 18.1 Å². The average Bonchev–Trinajstić information content (AvgIpc) is 2.68. The van der Waals surface area contributed by atoms with Crippen LogP contribution < -0.4 is 26.6 Å². The molecule has 0 aliphatic rings. The van der Waals surface area contributed by atoms with Crippen LogP contribution in [0, 0.1) is 0 Å². The molecule has 0 saturated heterocycles. The first-order valence-corrected chi connectivity index (χ1v) is 9.30. The van der Waals surface area contributed by atoms with Crippen LogP contribution in [0.25, 0.3) is 0 Å². The van der Waals surface area contributed by atoms with Crippen LogP contribution in [-0.4, -0.2) is 94.0 Å². The van der Waals surface area contributed by atoms with E-state index in [4.69, 9.17) is 15.3 Å². The van der Waals surface area contributed by atoms with Crippen LogP contribution in [0.3, 0.4) is 0 Å². The molecule has 0 fully saturated rings. The van der Waals surface area contributed by atoms with E-state index < -0.39 is 91.5 Å². The standard InChI is InChI=1S/C17H25N5O11/c1-7(15(30)22-10(17(32)33)4-14(28)29)20-16(31)9(3-13(26)27)21-12(25)6-19-11(24)5-18-8(2)23/h7,9-10H,3-6H2,1-2H3,(H,18,23)(H,19,24)(H,20,31)(H,21,25)(H,22,30)(H,26,27)(H,28,29)(H,32,33)/t7-,9-,10-/m0/s1. The lowest BCUT2D eigenvalue weighted by molar-refractivity contribution is -0.147. The topological polar surface area (TPSA) is 257 Å². The average molecular weight is 475 g/mol. The number of rotatable bonds is 14. The quantitative estimate of drug-likeness (QED) is 0.119. The van der Waals surface area contributed by atoms with Crippen LogP contribution >= 0.6 is 0 Å². The molecule has 0 spiro atoms. The summed E-state index contributed by atoms with van der Waals surface area (Å²) in [6, 6.07) is -4.85. The predicted octanol–water partition coefficient (Wildman–Crippen LogP) is -4.25. The van der Waals surface area contributed by atoms with Gasteiger partial charge in [-0.05, 0) is 6.92 Å². The Hall–Kier alpha value is -4.24. The Bertz CT molecular complexity index is 813. The Kier molecular flexibility index (Phi) is 12.2. The van der Waals surface area contributed by atoms with Gasteiger partial charge >= 0.3 is 17.9 Å². The lowest BCUT2D eigenvalue weighted by Crippen LogP contribution is -2.56. The summed E-state index contributed by atoms with van der Waals surface area (Å²) in [4.78, 5) is 91.2. The van der Waals surface area contributed by atoms with Crippen molar-refractivity contribution in [1.82, 2.24) is 26.6 Å². The molecule has 8 N–H and O–H groups in total.